The number of nitrogens with two attached hydrogens (primary N) is 2. The maximum absolute atomic E-state index is 12.4. The van der Waals surface area contributed by atoms with Gasteiger partial charge in [-0.1, -0.05) is 48.5 Å². The smallest absolute Gasteiger partial charge is 0.251 e. The Bertz CT molecular complexity index is 1470. The number of nitrogen functional groups attached to an aromatic ring is 2. The summed E-state index contributed by atoms with van der Waals surface area (Å²) in [5.74, 6) is 0.811. The van der Waals surface area contributed by atoms with Gasteiger partial charge in [0, 0.05) is 41.8 Å². The van der Waals surface area contributed by atoms with Crippen molar-refractivity contribution in [3.8, 4) is 11.5 Å². The molecule has 220 valence electrons. The number of nitrogens with one attached hydrogen (secondary N) is 4. The molecule has 0 saturated carbocycles. The van der Waals surface area contributed by atoms with Crippen molar-refractivity contribution < 1.29 is 19.1 Å². The lowest BCUT2D eigenvalue weighted by Crippen LogP contribution is -2.23. The third kappa shape index (κ3) is 9.19. The van der Waals surface area contributed by atoms with Crippen molar-refractivity contribution in [3.63, 3.8) is 0 Å². The van der Waals surface area contributed by atoms with Crippen LogP contribution in [0.4, 0.5) is 0 Å². The summed E-state index contributed by atoms with van der Waals surface area (Å²) < 4.78 is 11.6. The second-order valence-electron chi connectivity index (χ2n) is 9.69. The van der Waals surface area contributed by atoms with Gasteiger partial charge in [0.1, 0.15) is 23.2 Å². The zero-order valence-corrected chi connectivity index (χ0v) is 23.6. The summed E-state index contributed by atoms with van der Waals surface area (Å²) >= 11 is 0. The fourth-order valence-electron chi connectivity index (χ4n) is 4.07. The van der Waals surface area contributed by atoms with Gasteiger partial charge in [0.05, 0.1) is 13.2 Å². The van der Waals surface area contributed by atoms with Crippen LogP contribution in [-0.2, 0) is 13.1 Å². The molecular formula is C33H34N6O4. The van der Waals surface area contributed by atoms with E-state index < -0.39 is 0 Å². The first-order valence-corrected chi connectivity index (χ1v) is 13.7. The average molecular weight is 579 g/mol. The number of benzene rings is 4. The van der Waals surface area contributed by atoms with Gasteiger partial charge in [-0.05, 0) is 59.7 Å². The molecular weight excluding hydrogens is 544 g/mol. The first-order valence-electron chi connectivity index (χ1n) is 13.7. The van der Waals surface area contributed by atoms with Crippen LogP contribution < -0.4 is 31.6 Å². The molecule has 0 aliphatic carbocycles. The zero-order chi connectivity index (χ0) is 30.6. The van der Waals surface area contributed by atoms with Crippen LogP contribution in [0.25, 0.3) is 0 Å². The monoisotopic (exact) mass is 578 g/mol. The van der Waals surface area contributed by atoms with Gasteiger partial charge in [0.25, 0.3) is 11.8 Å². The molecule has 4 rings (SSSR count). The number of hydrogen-bond donors (Lipinski definition) is 6. The summed E-state index contributed by atoms with van der Waals surface area (Å²) in [6.45, 7) is 1.68. The molecule has 4 aromatic carbocycles. The Morgan fingerprint density at radius 3 is 1.33 bits per heavy atom. The Hall–Kier alpha value is -5.64. The summed E-state index contributed by atoms with van der Waals surface area (Å²) in [7, 11) is 0. The van der Waals surface area contributed by atoms with Crippen molar-refractivity contribution in [2.24, 2.45) is 11.5 Å². The molecule has 0 heterocycles. The molecule has 43 heavy (non-hydrogen) atoms. The summed E-state index contributed by atoms with van der Waals surface area (Å²) in [6.07, 6.45) is 0.689. The summed E-state index contributed by atoms with van der Waals surface area (Å²) in [4.78, 5) is 24.9. The van der Waals surface area contributed by atoms with E-state index in [0.29, 0.717) is 55.0 Å². The minimum Gasteiger partial charge on any atom is -0.493 e. The van der Waals surface area contributed by atoms with E-state index in [0.717, 1.165) is 22.6 Å². The van der Waals surface area contributed by atoms with Gasteiger partial charge in [-0.25, -0.2) is 0 Å². The number of amides is 2. The van der Waals surface area contributed by atoms with Crippen molar-refractivity contribution in [2.75, 3.05) is 13.2 Å². The summed E-state index contributed by atoms with van der Waals surface area (Å²) in [6, 6.07) is 28.3. The van der Waals surface area contributed by atoms with Crippen LogP contribution in [0.15, 0.2) is 97.1 Å². The second kappa shape index (κ2) is 14.8. The fraction of sp³-hybridized carbons (Fsp3) is 0.152. The largest absolute Gasteiger partial charge is 0.493 e. The van der Waals surface area contributed by atoms with E-state index in [4.69, 9.17) is 31.8 Å². The minimum atomic E-state index is -0.238. The quantitative estimate of drug-likeness (QED) is 0.0749. The SMILES string of the molecule is N=C(N)c1cccc(C(=O)NCc2ccc(OCCCOc3ccc(CNC(=O)c4cccc(C(=N)N)c4)cc3)cc2)c1. The highest BCUT2D eigenvalue weighted by Gasteiger charge is 2.09. The molecule has 10 nitrogen and oxygen atoms in total. The Morgan fingerprint density at radius 1 is 0.581 bits per heavy atom. The Balaban J connectivity index is 1.12. The van der Waals surface area contributed by atoms with E-state index in [1.807, 2.05) is 48.5 Å². The number of carbonyl (C=O) groups is 2. The molecule has 0 atom stereocenters. The van der Waals surface area contributed by atoms with Crippen LogP contribution in [0.5, 0.6) is 11.5 Å². The molecule has 0 spiro atoms. The number of ether oxygens (including phenoxy) is 2. The highest BCUT2D eigenvalue weighted by atomic mass is 16.5. The van der Waals surface area contributed by atoms with E-state index in [1.54, 1.807) is 48.5 Å². The van der Waals surface area contributed by atoms with Crippen molar-refractivity contribution in [1.82, 2.24) is 10.6 Å². The maximum Gasteiger partial charge on any atom is 0.251 e. The zero-order valence-electron chi connectivity index (χ0n) is 23.6. The first-order chi connectivity index (χ1) is 20.8. The topological polar surface area (TPSA) is 176 Å². The molecule has 0 aromatic heterocycles. The fourth-order valence-corrected chi connectivity index (χ4v) is 4.07. The molecule has 0 saturated heterocycles. The van der Waals surface area contributed by atoms with Gasteiger partial charge in [-0.15, -0.1) is 0 Å². The van der Waals surface area contributed by atoms with Crippen molar-refractivity contribution in [2.45, 2.75) is 19.5 Å². The highest BCUT2D eigenvalue weighted by Crippen LogP contribution is 2.15. The predicted octanol–water partition coefficient (Wildman–Crippen LogP) is 3.96. The Kier molecular flexibility index (Phi) is 10.5. The van der Waals surface area contributed by atoms with E-state index in [9.17, 15) is 9.59 Å². The minimum absolute atomic E-state index is 0.0821. The molecule has 2 amide bonds. The average Bonchev–Trinajstić information content (AvgIpc) is 3.03. The number of rotatable bonds is 14. The van der Waals surface area contributed by atoms with Gasteiger partial charge in [0.15, 0.2) is 0 Å². The molecule has 0 aliphatic rings. The van der Waals surface area contributed by atoms with Gasteiger partial charge in [0.2, 0.25) is 0 Å². The lowest BCUT2D eigenvalue weighted by molar-refractivity contribution is 0.0943. The summed E-state index contributed by atoms with van der Waals surface area (Å²) in [5, 5.41) is 20.8. The third-order valence-electron chi connectivity index (χ3n) is 6.45. The molecule has 0 unspecified atom stereocenters. The van der Waals surface area contributed by atoms with E-state index in [-0.39, 0.29) is 23.5 Å². The van der Waals surface area contributed by atoms with Crippen LogP contribution in [0.3, 0.4) is 0 Å². The van der Waals surface area contributed by atoms with Gasteiger partial charge >= 0.3 is 0 Å². The molecule has 0 fully saturated rings. The molecule has 4 aromatic rings. The van der Waals surface area contributed by atoms with Gasteiger partial charge in [-0.2, -0.15) is 0 Å². The molecule has 0 radical (unpaired) electrons. The highest BCUT2D eigenvalue weighted by molar-refractivity contribution is 6.00. The molecule has 0 bridgehead atoms. The molecule has 0 aliphatic heterocycles. The van der Waals surface area contributed by atoms with Gasteiger partial charge < -0.3 is 31.6 Å². The number of carbonyl (C=O) groups excluding carboxylic acids is 2. The maximum atomic E-state index is 12.4. The first kappa shape index (κ1) is 30.3. The predicted molar refractivity (Wildman–Crippen MR) is 166 cm³/mol. The second-order valence-corrected chi connectivity index (χ2v) is 9.69. The Labute approximate surface area is 250 Å². The van der Waals surface area contributed by atoms with Crippen molar-refractivity contribution in [1.29, 1.82) is 10.8 Å². The van der Waals surface area contributed by atoms with E-state index >= 15 is 0 Å². The van der Waals surface area contributed by atoms with Crippen LogP contribution in [-0.4, -0.2) is 36.7 Å². The molecule has 10 heteroatoms. The normalized spacial score (nSPS) is 10.4. The number of amidine groups is 2. The van der Waals surface area contributed by atoms with Crippen LogP contribution in [0.2, 0.25) is 0 Å². The van der Waals surface area contributed by atoms with E-state index in [2.05, 4.69) is 10.6 Å². The Morgan fingerprint density at radius 2 is 0.953 bits per heavy atom. The lowest BCUT2D eigenvalue weighted by Gasteiger charge is -2.10. The number of hydrogen-bond acceptors (Lipinski definition) is 6. The van der Waals surface area contributed by atoms with Crippen molar-refractivity contribution in [3.05, 3.63) is 130 Å². The van der Waals surface area contributed by atoms with Crippen molar-refractivity contribution >= 4 is 23.5 Å². The van der Waals surface area contributed by atoms with Crippen LogP contribution >= 0.6 is 0 Å². The van der Waals surface area contributed by atoms with E-state index in [1.165, 1.54) is 0 Å². The van der Waals surface area contributed by atoms with Gasteiger partial charge in [-0.3, -0.25) is 20.4 Å². The lowest BCUT2D eigenvalue weighted by atomic mass is 10.1. The standard InChI is InChI=1S/C33H34N6O4/c34-30(35)24-4-1-6-26(18-24)32(40)38-20-22-8-12-28(13-9-22)42-16-3-17-43-29-14-10-23(11-15-29)21-39-33(41)27-7-2-5-25(19-27)31(36)37/h1-2,4-15,18-19H,3,16-17,20-21H2,(H3,34,35)(H3,36,37)(H,38,40)(H,39,41). The summed E-state index contributed by atoms with van der Waals surface area (Å²) in [5.41, 5.74) is 14.8. The van der Waals surface area contributed by atoms with Crippen LogP contribution in [0, 0.1) is 10.8 Å². The third-order valence-corrected chi connectivity index (χ3v) is 6.45. The van der Waals surface area contributed by atoms with Crippen LogP contribution in [0.1, 0.15) is 49.4 Å². The molecule has 8 N–H and O–H groups in total.